The molecule has 0 bridgehead atoms. The summed E-state index contributed by atoms with van der Waals surface area (Å²) in [6.45, 7) is 0.931. The van der Waals surface area contributed by atoms with Crippen LogP contribution in [0.1, 0.15) is 61.6 Å². The first-order chi connectivity index (χ1) is 17.0. The number of imide groups is 1. The molecule has 0 fully saturated rings. The SMILES string of the molecule is Cl.Cl.NCCCC[C@H](N)C(=O)NCCCC(=O)NC(=O)Cc1ccc(CCCCc2ccccc2)cc1. The molecule has 0 aliphatic heterocycles. The Morgan fingerprint density at radius 3 is 1.95 bits per heavy atom. The molecule has 0 saturated heterocycles. The summed E-state index contributed by atoms with van der Waals surface area (Å²) in [6, 6.07) is 17.9. The van der Waals surface area contributed by atoms with Gasteiger partial charge in [0.1, 0.15) is 0 Å². The highest BCUT2D eigenvalue weighted by molar-refractivity contribution is 5.96. The lowest BCUT2D eigenvalue weighted by Gasteiger charge is -2.11. The van der Waals surface area contributed by atoms with E-state index >= 15 is 0 Å². The maximum atomic E-state index is 12.2. The monoisotopic (exact) mass is 552 g/mol. The van der Waals surface area contributed by atoms with Crippen molar-refractivity contribution < 1.29 is 14.4 Å². The highest BCUT2D eigenvalue weighted by Crippen LogP contribution is 2.11. The Bertz CT molecular complexity index is 911. The second-order valence-corrected chi connectivity index (χ2v) is 8.94. The number of carbonyl (C=O) groups excluding carboxylic acids is 3. The minimum Gasteiger partial charge on any atom is -0.355 e. The van der Waals surface area contributed by atoms with Crippen molar-refractivity contribution >= 4 is 42.5 Å². The summed E-state index contributed by atoms with van der Waals surface area (Å²) in [6.07, 6.45) is 7.36. The molecular weight excluding hydrogens is 511 g/mol. The van der Waals surface area contributed by atoms with Crippen molar-refractivity contribution in [1.82, 2.24) is 10.6 Å². The van der Waals surface area contributed by atoms with Gasteiger partial charge in [0.25, 0.3) is 0 Å². The number of aryl methyl sites for hydroxylation is 2. The summed E-state index contributed by atoms with van der Waals surface area (Å²) in [5.74, 6) is -0.888. The normalized spacial score (nSPS) is 11.0. The fourth-order valence-corrected chi connectivity index (χ4v) is 3.81. The largest absolute Gasteiger partial charge is 0.355 e. The van der Waals surface area contributed by atoms with E-state index in [-0.39, 0.29) is 55.4 Å². The van der Waals surface area contributed by atoms with Gasteiger partial charge in [-0.15, -0.1) is 24.8 Å². The van der Waals surface area contributed by atoms with Crippen LogP contribution in [0.5, 0.6) is 0 Å². The molecule has 9 heteroatoms. The van der Waals surface area contributed by atoms with Gasteiger partial charge in [-0.1, -0.05) is 61.0 Å². The topological polar surface area (TPSA) is 127 Å². The average Bonchev–Trinajstić information content (AvgIpc) is 2.86. The van der Waals surface area contributed by atoms with Crippen LogP contribution < -0.4 is 22.1 Å². The summed E-state index contributed by atoms with van der Waals surface area (Å²) >= 11 is 0. The number of rotatable bonds is 16. The smallest absolute Gasteiger partial charge is 0.236 e. The molecule has 0 radical (unpaired) electrons. The van der Waals surface area contributed by atoms with E-state index in [2.05, 4.69) is 47.0 Å². The zero-order valence-corrected chi connectivity index (χ0v) is 23.1. The minimum absolute atomic E-state index is 0. The maximum absolute atomic E-state index is 12.2. The summed E-state index contributed by atoms with van der Waals surface area (Å²) in [7, 11) is 0. The molecule has 1 atom stereocenters. The first-order valence-electron chi connectivity index (χ1n) is 12.7. The zero-order chi connectivity index (χ0) is 25.3. The van der Waals surface area contributed by atoms with Gasteiger partial charge in [0, 0.05) is 13.0 Å². The Morgan fingerprint density at radius 1 is 0.730 bits per heavy atom. The second kappa shape index (κ2) is 20.6. The van der Waals surface area contributed by atoms with Crippen LogP contribution in [0.25, 0.3) is 0 Å². The van der Waals surface area contributed by atoms with Crippen molar-refractivity contribution in [2.75, 3.05) is 13.1 Å². The van der Waals surface area contributed by atoms with Gasteiger partial charge >= 0.3 is 0 Å². The predicted molar refractivity (Wildman–Crippen MR) is 154 cm³/mol. The Morgan fingerprint density at radius 2 is 1.32 bits per heavy atom. The average molecular weight is 554 g/mol. The molecule has 206 valence electrons. The van der Waals surface area contributed by atoms with Gasteiger partial charge in [0.15, 0.2) is 0 Å². The number of nitrogens with one attached hydrogen (secondary N) is 2. The van der Waals surface area contributed by atoms with Crippen LogP contribution in [0.2, 0.25) is 0 Å². The highest BCUT2D eigenvalue weighted by atomic mass is 35.5. The van der Waals surface area contributed by atoms with Crippen LogP contribution in [0.4, 0.5) is 0 Å². The van der Waals surface area contributed by atoms with E-state index in [1.54, 1.807) is 0 Å². The molecule has 6 N–H and O–H groups in total. The van der Waals surface area contributed by atoms with Gasteiger partial charge < -0.3 is 16.8 Å². The Labute approximate surface area is 233 Å². The predicted octanol–water partition coefficient (Wildman–Crippen LogP) is 3.63. The fourth-order valence-electron chi connectivity index (χ4n) is 3.81. The standard InChI is InChI=1S/C28H40N4O3.2ClH/c29-19-7-6-13-25(30)28(35)31-20-8-14-26(33)32-27(34)21-24-17-15-23(16-18-24)12-5-4-11-22-9-2-1-3-10-22;;/h1-3,9-10,15-18,25H,4-8,11-14,19-21,29-30H2,(H,31,35)(H,32,33,34);2*1H/t25-;;/m0../s1. The van der Waals surface area contributed by atoms with Gasteiger partial charge in [-0.3, -0.25) is 19.7 Å². The number of benzene rings is 2. The first kappa shape index (κ1) is 34.6. The van der Waals surface area contributed by atoms with E-state index < -0.39 is 6.04 Å². The van der Waals surface area contributed by atoms with Crippen molar-refractivity contribution in [3.05, 3.63) is 71.3 Å². The van der Waals surface area contributed by atoms with Gasteiger partial charge in [0.2, 0.25) is 17.7 Å². The van der Waals surface area contributed by atoms with Gasteiger partial charge in [-0.05, 0) is 68.2 Å². The third-order valence-corrected chi connectivity index (χ3v) is 5.88. The zero-order valence-electron chi connectivity index (χ0n) is 21.5. The Balaban J connectivity index is 0.00000648. The van der Waals surface area contributed by atoms with Crippen LogP contribution in [0, 0.1) is 0 Å². The van der Waals surface area contributed by atoms with Crippen LogP contribution in [0.3, 0.4) is 0 Å². The molecule has 7 nitrogen and oxygen atoms in total. The van der Waals surface area contributed by atoms with Crippen molar-refractivity contribution in [1.29, 1.82) is 0 Å². The minimum atomic E-state index is -0.558. The number of unbranched alkanes of at least 4 members (excludes halogenated alkanes) is 2. The summed E-state index contributed by atoms with van der Waals surface area (Å²) in [5.41, 5.74) is 14.7. The van der Waals surface area contributed by atoms with Crippen molar-refractivity contribution in [3.8, 4) is 0 Å². The van der Waals surface area contributed by atoms with Crippen LogP contribution in [0.15, 0.2) is 54.6 Å². The lowest BCUT2D eigenvalue weighted by molar-refractivity contribution is -0.130. The molecule has 0 heterocycles. The summed E-state index contributed by atoms with van der Waals surface area (Å²) < 4.78 is 0. The van der Waals surface area contributed by atoms with E-state index in [1.807, 2.05) is 18.2 Å². The number of amides is 3. The van der Waals surface area contributed by atoms with E-state index in [1.165, 1.54) is 11.1 Å². The van der Waals surface area contributed by atoms with E-state index in [4.69, 9.17) is 11.5 Å². The van der Waals surface area contributed by atoms with Crippen molar-refractivity contribution in [2.24, 2.45) is 11.5 Å². The lowest BCUT2D eigenvalue weighted by Crippen LogP contribution is -2.41. The molecule has 0 spiro atoms. The Kier molecular flexibility index (Phi) is 19.2. The molecule has 2 aromatic rings. The molecule has 0 aliphatic rings. The van der Waals surface area contributed by atoms with E-state index in [9.17, 15) is 14.4 Å². The van der Waals surface area contributed by atoms with Crippen molar-refractivity contribution in [2.45, 2.75) is 70.3 Å². The molecule has 0 unspecified atom stereocenters. The molecule has 0 aliphatic carbocycles. The van der Waals surface area contributed by atoms with Gasteiger partial charge in [-0.2, -0.15) is 0 Å². The fraction of sp³-hybridized carbons (Fsp3) is 0.464. The molecule has 37 heavy (non-hydrogen) atoms. The maximum Gasteiger partial charge on any atom is 0.236 e. The molecule has 0 saturated carbocycles. The van der Waals surface area contributed by atoms with Gasteiger partial charge in [-0.25, -0.2) is 0 Å². The first-order valence-corrected chi connectivity index (χ1v) is 12.7. The van der Waals surface area contributed by atoms with E-state index in [0.29, 0.717) is 25.9 Å². The lowest BCUT2D eigenvalue weighted by atomic mass is 10.0. The highest BCUT2D eigenvalue weighted by Gasteiger charge is 2.13. The van der Waals surface area contributed by atoms with Crippen molar-refractivity contribution in [3.63, 3.8) is 0 Å². The summed E-state index contributed by atoms with van der Waals surface area (Å²) in [5, 5.41) is 5.15. The third kappa shape index (κ3) is 15.4. The molecule has 2 aromatic carbocycles. The third-order valence-electron chi connectivity index (χ3n) is 5.88. The van der Waals surface area contributed by atoms with Crippen LogP contribution in [-0.4, -0.2) is 36.9 Å². The number of hydrogen-bond donors (Lipinski definition) is 4. The molecule has 2 rings (SSSR count). The second-order valence-electron chi connectivity index (χ2n) is 8.94. The number of halogens is 2. The van der Waals surface area contributed by atoms with E-state index in [0.717, 1.165) is 44.1 Å². The summed E-state index contributed by atoms with van der Waals surface area (Å²) in [4.78, 5) is 36.1. The molecule has 3 amide bonds. The number of hydrogen-bond acceptors (Lipinski definition) is 5. The number of carbonyl (C=O) groups is 3. The van der Waals surface area contributed by atoms with Crippen LogP contribution in [-0.2, 0) is 33.6 Å². The molecular formula is C28H42Cl2N4O3. The molecule has 0 aromatic heterocycles. The number of nitrogens with two attached hydrogens (primary N) is 2. The van der Waals surface area contributed by atoms with Gasteiger partial charge in [0.05, 0.1) is 12.5 Å². The quantitative estimate of drug-likeness (QED) is 0.236. The Hall–Kier alpha value is -2.45. The van der Waals surface area contributed by atoms with Crippen LogP contribution >= 0.6 is 24.8 Å².